The van der Waals surface area contributed by atoms with Crippen molar-refractivity contribution in [1.82, 2.24) is 0 Å². The van der Waals surface area contributed by atoms with Gasteiger partial charge in [0.25, 0.3) is 0 Å². The molecule has 0 bridgehead atoms. The molecule has 2 aromatic rings. The molecule has 27 heavy (non-hydrogen) atoms. The molecule has 0 radical (unpaired) electrons. The molecule has 0 aliphatic rings. The fourth-order valence-corrected chi connectivity index (χ4v) is 2.05. The first-order valence-corrected chi connectivity index (χ1v) is 7.43. The van der Waals surface area contributed by atoms with Gasteiger partial charge in [-0.1, -0.05) is 24.3 Å². The maximum atomic E-state index is 13.0. The van der Waals surface area contributed by atoms with E-state index in [2.05, 4.69) is 4.74 Å². The molecule has 0 aliphatic heterocycles. The van der Waals surface area contributed by atoms with E-state index >= 15 is 0 Å². The van der Waals surface area contributed by atoms with E-state index in [0.717, 1.165) is 18.4 Å². The van der Waals surface area contributed by atoms with Crippen LogP contribution in [0.4, 0.5) is 17.6 Å². The maximum Gasteiger partial charge on any atom is 0.461 e. The van der Waals surface area contributed by atoms with Gasteiger partial charge in [-0.2, -0.15) is 17.6 Å². The Labute approximate surface area is 151 Å². The highest BCUT2D eigenvalue weighted by atomic mass is 19.3. The van der Waals surface area contributed by atoms with Gasteiger partial charge in [-0.05, 0) is 18.2 Å². The number of alkyl halides is 4. The minimum absolute atomic E-state index is 0.0211. The van der Waals surface area contributed by atoms with Crippen LogP contribution >= 0.6 is 0 Å². The summed E-state index contributed by atoms with van der Waals surface area (Å²) in [6.07, 6.45) is -7.65. The van der Waals surface area contributed by atoms with E-state index in [1.807, 2.05) is 0 Å². The number of ether oxygens (including phenoxy) is 3. The highest BCUT2D eigenvalue weighted by Crippen LogP contribution is 2.34. The molecule has 5 nitrogen and oxygen atoms in total. The predicted molar refractivity (Wildman–Crippen MR) is 87.2 cm³/mol. The Balaban J connectivity index is 2.32. The molecule has 9 heteroatoms. The van der Waals surface area contributed by atoms with Gasteiger partial charge >= 0.3 is 18.5 Å². The third-order valence-electron chi connectivity index (χ3n) is 3.18. The highest BCUT2D eigenvalue weighted by molar-refractivity contribution is 6.15. The van der Waals surface area contributed by atoms with E-state index in [1.165, 1.54) is 31.4 Å². The molecule has 0 aliphatic carbocycles. The van der Waals surface area contributed by atoms with Crippen molar-refractivity contribution < 1.29 is 41.7 Å². The van der Waals surface area contributed by atoms with Crippen LogP contribution in [0.15, 0.2) is 54.8 Å². The Morgan fingerprint density at radius 1 is 1.11 bits per heavy atom. The zero-order valence-electron chi connectivity index (χ0n) is 13.9. The zero-order chi connectivity index (χ0) is 20.0. The van der Waals surface area contributed by atoms with Crippen molar-refractivity contribution in [3.63, 3.8) is 0 Å². The number of carbonyl (C=O) groups is 1. The quantitative estimate of drug-likeness (QED) is 0.402. The summed E-state index contributed by atoms with van der Waals surface area (Å²) >= 11 is 0. The lowest BCUT2D eigenvalue weighted by atomic mass is 10.1. The minimum Gasteiger partial charge on any atom is -0.503 e. The van der Waals surface area contributed by atoms with E-state index < -0.39 is 24.3 Å². The maximum absolute atomic E-state index is 13.0. The average molecular weight is 386 g/mol. The molecule has 0 amide bonds. The Bertz CT molecular complexity index is 836. The molecular formula is C18H14F4O5. The van der Waals surface area contributed by atoms with Crippen LogP contribution in [0, 0.1) is 0 Å². The standard InChI is InChI=1S/C18H14F4O5/c1-25-10-14(16(23)24)13-7-2-3-8-15(13)26-11-5-4-6-12(9-11)27-18(21,22)17(19)20/h2-10,17H,1H3,(H,23,24). The second-order valence-corrected chi connectivity index (χ2v) is 5.11. The first-order valence-electron chi connectivity index (χ1n) is 7.43. The zero-order valence-corrected chi connectivity index (χ0v) is 13.9. The normalized spacial score (nSPS) is 12.0. The van der Waals surface area contributed by atoms with Gasteiger partial charge < -0.3 is 19.3 Å². The van der Waals surface area contributed by atoms with Crippen LogP contribution in [-0.4, -0.2) is 30.7 Å². The fourth-order valence-electron chi connectivity index (χ4n) is 2.05. The smallest absolute Gasteiger partial charge is 0.461 e. The molecule has 2 rings (SSSR count). The van der Waals surface area contributed by atoms with Gasteiger partial charge in [0.1, 0.15) is 22.8 Å². The van der Waals surface area contributed by atoms with E-state index in [4.69, 9.17) is 9.47 Å². The van der Waals surface area contributed by atoms with E-state index in [9.17, 15) is 27.5 Å². The van der Waals surface area contributed by atoms with E-state index in [-0.39, 0.29) is 22.6 Å². The Kier molecular flexibility index (Phi) is 6.27. The van der Waals surface area contributed by atoms with Gasteiger partial charge in [0.05, 0.1) is 13.4 Å². The van der Waals surface area contributed by atoms with Gasteiger partial charge in [-0.25, -0.2) is 4.79 Å². The fraction of sp³-hybridized carbons (Fsp3) is 0.167. The molecule has 0 fully saturated rings. The van der Waals surface area contributed by atoms with Crippen LogP contribution in [-0.2, 0) is 9.53 Å². The molecular weight excluding hydrogens is 372 g/mol. The second-order valence-electron chi connectivity index (χ2n) is 5.11. The van der Waals surface area contributed by atoms with Crippen molar-refractivity contribution in [2.75, 3.05) is 7.11 Å². The first-order chi connectivity index (χ1) is 12.7. The van der Waals surface area contributed by atoms with Gasteiger partial charge in [-0.3, -0.25) is 0 Å². The number of methoxy groups -OCH3 is 1. The van der Waals surface area contributed by atoms with Gasteiger partial charge in [0.2, 0.25) is 0 Å². The highest BCUT2D eigenvalue weighted by Gasteiger charge is 2.44. The Morgan fingerprint density at radius 3 is 2.41 bits per heavy atom. The summed E-state index contributed by atoms with van der Waals surface area (Å²) in [5, 5.41) is 9.29. The second kappa shape index (κ2) is 8.43. The third-order valence-corrected chi connectivity index (χ3v) is 3.18. The molecule has 0 saturated carbocycles. The van der Waals surface area contributed by atoms with Gasteiger partial charge in [0, 0.05) is 11.6 Å². The summed E-state index contributed by atoms with van der Waals surface area (Å²) in [6.45, 7) is 0. The number of carboxylic acid groups (broad SMARTS) is 1. The van der Waals surface area contributed by atoms with Crippen molar-refractivity contribution >= 4 is 11.5 Å². The SMILES string of the molecule is COC=C(C(=O)O)c1ccccc1Oc1cccc(OC(F)(F)C(F)F)c1. The lowest BCUT2D eigenvalue weighted by Crippen LogP contribution is -2.33. The monoisotopic (exact) mass is 386 g/mol. The number of hydrogen-bond acceptors (Lipinski definition) is 4. The van der Waals surface area contributed by atoms with Crippen molar-refractivity contribution in [2.24, 2.45) is 0 Å². The van der Waals surface area contributed by atoms with Crippen molar-refractivity contribution in [1.29, 1.82) is 0 Å². The molecule has 1 N–H and O–H groups in total. The van der Waals surface area contributed by atoms with Crippen LogP contribution in [0.1, 0.15) is 5.56 Å². The van der Waals surface area contributed by atoms with Crippen LogP contribution in [0.5, 0.6) is 17.2 Å². The van der Waals surface area contributed by atoms with Crippen molar-refractivity contribution in [3.05, 3.63) is 60.4 Å². The lowest BCUT2D eigenvalue weighted by molar-refractivity contribution is -0.253. The van der Waals surface area contributed by atoms with Crippen LogP contribution < -0.4 is 9.47 Å². The number of benzene rings is 2. The molecule has 0 unspecified atom stereocenters. The number of halogens is 4. The van der Waals surface area contributed by atoms with Gasteiger partial charge in [-0.15, -0.1) is 0 Å². The predicted octanol–water partition coefficient (Wildman–Crippen LogP) is 4.79. The molecule has 144 valence electrons. The van der Waals surface area contributed by atoms with Crippen molar-refractivity contribution in [2.45, 2.75) is 12.5 Å². The Hall–Kier alpha value is -3.23. The minimum atomic E-state index is -4.66. The largest absolute Gasteiger partial charge is 0.503 e. The Morgan fingerprint density at radius 2 is 1.78 bits per heavy atom. The van der Waals surface area contributed by atoms with Crippen LogP contribution in [0.25, 0.3) is 5.57 Å². The average Bonchev–Trinajstić information content (AvgIpc) is 2.60. The van der Waals surface area contributed by atoms with Crippen LogP contribution in [0.2, 0.25) is 0 Å². The number of aliphatic carboxylic acids is 1. The van der Waals surface area contributed by atoms with E-state index in [0.29, 0.717) is 0 Å². The molecule has 2 aromatic carbocycles. The molecule has 0 aromatic heterocycles. The van der Waals surface area contributed by atoms with Crippen LogP contribution in [0.3, 0.4) is 0 Å². The lowest BCUT2D eigenvalue weighted by Gasteiger charge is -2.17. The molecule has 0 atom stereocenters. The summed E-state index contributed by atoms with van der Waals surface area (Å²) in [7, 11) is 1.27. The topological polar surface area (TPSA) is 65.0 Å². The number of rotatable bonds is 8. The molecule has 0 spiro atoms. The number of hydrogen-bond donors (Lipinski definition) is 1. The summed E-state index contributed by atoms with van der Waals surface area (Å²) in [4.78, 5) is 11.4. The van der Waals surface area contributed by atoms with E-state index in [1.54, 1.807) is 12.1 Å². The van der Waals surface area contributed by atoms with Crippen molar-refractivity contribution in [3.8, 4) is 17.2 Å². The van der Waals surface area contributed by atoms with Gasteiger partial charge in [0.15, 0.2) is 0 Å². The molecule has 0 saturated heterocycles. The number of para-hydroxylation sites is 1. The molecule has 0 heterocycles. The summed E-state index contributed by atoms with van der Waals surface area (Å²) < 4.78 is 64.9. The summed E-state index contributed by atoms with van der Waals surface area (Å²) in [6, 6.07) is 10.7. The summed E-state index contributed by atoms with van der Waals surface area (Å²) in [5.74, 6) is -1.75. The third kappa shape index (κ3) is 5.13. The summed E-state index contributed by atoms with van der Waals surface area (Å²) in [5.41, 5.74) is -0.0409. The first kappa shape index (κ1) is 20.1. The number of carboxylic acids is 1.